The maximum Gasteiger partial charge on any atom is 0.261 e. The number of fused-ring (bicyclic) bond motifs is 1. The number of hydrogen-bond donors (Lipinski definition) is 1. The van der Waals surface area contributed by atoms with Crippen molar-refractivity contribution in [1.29, 1.82) is 0 Å². The zero-order chi connectivity index (χ0) is 20.8. The van der Waals surface area contributed by atoms with Crippen LogP contribution < -0.4 is 4.90 Å². The molecule has 151 valence electrons. The second-order valence-corrected chi connectivity index (χ2v) is 8.30. The fraction of sp³-hybridized carbons (Fsp3) is 0.192. The van der Waals surface area contributed by atoms with E-state index >= 15 is 0 Å². The van der Waals surface area contributed by atoms with E-state index in [0.29, 0.717) is 12.1 Å². The maximum atomic E-state index is 13.5. The molecule has 1 N–H and O–H groups in total. The lowest BCUT2D eigenvalue weighted by Gasteiger charge is -2.22. The number of rotatable bonds is 8. The number of para-hydroxylation sites is 1. The van der Waals surface area contributed by atoms with Crippen LogP contribution in [0.5, 0.6) is 0 Å². The molecule has 4 rings (SSSR count). The van der Waals surface area contributed by atoms with Gasteiger partial charge in [-0.25, -0.2) is 0 Å². The number of aromatic nitrogens is 1. The molecule has 0 saturated carbocycles. The second kappa shape index (κ2) is 9.68. The lowest BCUT2D eigenvalue weighted by molar-refractivity contribution is 0.0988. The van der Waals surface area contributed by atoms with Gasteiger partial charge in [0.15, 0.2) is 0 Å². The van der Waals surface area contributed by atoms with Gasteiger partial charge >= 0.3 is 0 Å². The second-order valence-electron chi connectivity index (χ2n) is 7.25. The van der Waals surface area contributed by atoms with Gasteiger partial charge in [0, 0.05) is 33.8 Å². The van der Waals surface area contributed by atoms with Gasteiger partial charge in [0.2, 0.25) is 0 Å². The smallest absolute Gasteiger partial charge is 0.261 e. The Labute approximate surface area is 182 Å². The van der Waals surface area contributed by atoms with E-state index in [1.165, 1.54) is 5.56 Å². The Kier molecular flexibility index (Phi) is 6.55. The third-order valence-electron chi connectivity index (χ3n) is 5.09. The summed E-state index contributed by atoms with van der Waals surface area (Å²) in [5.74, 6) is 0.891. The summed E-state index contributed by atoms with van der Waals surface area (Å²) in [5, 5.41) is 0.926. The lowest BCUT2D eigenvalue weighted by atomic mass is 10.1. The highest BCUT2D eigenvalue weighted by Gasteiger charge is 2.21. The van der Waals surface area contributed by atoms with Crippen LogP contribution in [-0.4, -0.2) is 17.4 Å². The fourth-order valence-corrected chi connectivity index (χ4v) is 4.33. The van der Waals surface area contributed by atoms with Gasteiger partial charge in [-0.05, 0) is 42.3 Å². The third-order valence-corrected chi connectivity index (χ3v) is 6.16. The zero-order valence-corrected chi connectivity index (χ0v) is 17.9. The zero-order valence-electron chi connectivity index (χ0n) is 17.1. The van der Waals surface area contributed by atoms with Crippen molar-refractivity contribution in [2.45, 2.75) is 30.4 Å². The summed E-state index contributed by atoms with van der Waals surface area (Å²) >= 11 is 1.78. The first-order chi connectivity index (χ1) is 14.8. The Balaban J connectivity index is 1.61. The van der Waals surface area contributed by atoms with E-state index < -0.39 is 0 Å². The summed E-state index contributed by atoms with van der Waals surface area (Å²) in [6.45, 7) is 2.84. The van der Waals surface area contributed by atoms with E-state index in [0.717, 1.165) is 40.1 Å². The first-order valence-electron chi connectivity index (χ1n) is 10.3. The van der Waals surface area contributed by atoms with Crippen LogP contribution in [0.2, 0.25) is 0 Å². The molecule has 0 bridgehead atoms. The highest BCUT2D eigenvalue weighted by Crippen LogP contribution is 2.29. The largest absolute Gasteiger partial charge is 0.353 e. The average Bonchev–Trinajstić information content (AvgIpc) is 3.22. The average molecular weight is 414 g/mol. The molecule has 0 fully saturated rings. The molecule has 0 aliphatic rings. The molecule has 3 nitrogen and oxygen atoms in total. The van der Waals surface area contributed by atoms with E-state index in [4.69, 9.17) is 0 Å². The summed E-state index contributed by atoms with van der Waals surface area (Å²) in [6, 6.07) is 26.6. The van der Waals surface area contributed by atoms with Crippen molar-refractivity contribution in [3.63, 3.8) is 0 Å². The highest BCUT2D eigenvalue weighted by atomic mass is 32.2. The predicted molar refractivity (Wildman–Crippen MR) is 126 cm³/mol. The number of H-pyrrole nitrogens is 1. The summed E-state index contributed by atoms with van der Waals surface area (Å²) in [5.41, 5.74) is 3.75. The molecule has 1 amide bonds. The normalized spacial score (nSPS) is 11.0. The Morgan fingerprint density at radius 3 is 2.47 bits per heavy atom. The molecule has 0 atom stereocenters. The number of anilines is 1. The van der Waals surface area contributed by atoms with Crippen LogP contribution in [0.4, 0.5) is 5.69 Å². The van der Waals surface area contributed by atoms with Gasteiger partial charge < -0.3 is 9.88 Å². The van der Waals surface area contributed by atoms with Crippen molar-refractivity contribution < 1.29 is 4.79 Å². The summed E-state index contributed by atoms with van der Waals surface area (Å²) in [7, 11) is 0. The van der Waals surface area contributed by atoms with Crippen LogP contribution >= 0.6 is 11.8 Å². The van der Waals surface area contributed by atoms with Gasteiger partial charge in [-0.15, -0.1) is 11.8 Å². The molecular weight excluding hydrogens is 388 g/mol. The molecule has 0 aliphatic heterocycles. The van der Waals surface area contributed by atoms with Crippen LogP contribution in [0, 0.1) is 6.20 Å². The van der Waals surface area contributed by atoms with Crippen LogP contribution in [-0.2, 0) is 5.75 Å². The van der Waals surface area contributed by atoms with Gasteiger partial charge in [0.05, 0.1) is 11.8 Å². The van der Waals surface area contributed by atoms with Crippen molar-refractivity contribution in [1.82, 2.24) is 4.98 Å². The number of unbranched alkanes of at least 4 members (excludes halogenated alkanes) is 1. The monoisotopic (exact) mass is 413 g/mol. The molecule has 0 aliphatic carbocycles. The predicted octanol–water partition coefficient (Wildman–Crippen LogP) is 6.71. The van der Waals surface area contributed by atoms with Crippen LogP contribution in [0.3, 0.4) is 0 Å². The van der Waals surface area contributed by atoms with Gasteiger partial charge in [0.1, 0.15) is 0 Å². The molecular formula is C26H25N2OS. The molecule has 0 unspecified atom stereocenters. The minimum absolute atomic E-state index is 0.00823. The fourth-order valence-electron chi connectivity index (χ4n) is 3.44. The first kappa shape index (κ1) is 20.3. The van der Waals surface area contributed by atoms with Crippen molar-refractivity contribution in [3.05, 3.63) is 96.2 Å². The van der Waals surface area contributed by atoms with E-state index in [1.54, 1.807) is 11.8 Å². The summed E-state index contributed by atoms with van der Waals surface area (Å²) in [4.78, 5) is 19.6. The number of thioether (sulfide) groups is 1. The Bertz CT molecular complexity index is 1110. The highest BCUT2D eigenvalue weighted by molar-refractivity contribution is 7.98. The van der Waals surface area contributed by atoms with Gasteiger partial charge in [-0.1, -0.05) is 61.9 Å². The van der Waals surface area contributed by atoms with Crippen LogP contribution in [0.1, 0.15) is 35.7 Å². The molecule has 4 aromatic rings. The number of amides is 1. The molecule has 30 heavy (non-hydrogen) atoms. The number of aromatic amines is 1. The number of nitrogens with zero attached hydrogens (tertiary/aromatic N) is 1. The minimum atomic E-state index is -0.00823. The molecule has 1 radical (unpaired) electrons. The molecule has 1 aromatic heterocycles. The molecule has 0 spiro atoms. The third kappa shape index (κ3) is 4.60. The minimum Gasteiger partial charge on any atom is -0.353 e. The Hall–Kier alpha value is -2.98. The number of carbonyl (C=O) groups excluding carboxylic acids is 1. The Morgan fingerprint density at radius 1 is 1.00 bits per heavy atom. The number of benzene rings is 3. The summed E-state index contributed by atoms with van der Waals surface area (Å²) < 4.78 is 0. The topological polar surface area (TPSA) is 36.1 Å². The SMILES string of the molecule is CCCCN(C(=O)c1[c][nH]c2ccc(SCc3ccccc3)cc12)c1ccccc1. The standard InChI is InChI=1S/C26H25N2OS/c1-2-3-16-28(21-12-8-5-9-13-21)26(29)24-18-27-25-15-14-22(17-23(24)25)30-19-20-10-6-4-7-11-20/h4-15,17,27H,2-3,16,19H2,1H3. The van der Waals surface area contributed by atoms with Crippen LogP contribution in [0.25, 0.3) is 10.9 Å². The molecule has 1 heterocycles. The van der Waals surface area contributed by atoms with E-state index in [1.807, 2.05) is 47.4 Å². The summed E-state index contributed by atoms with van der Waals surface area (Å²) in [6.07, 6.45) is 5.11. The number of nitrogens with one attached hydrogen (secondary N) is 1. The molecule has 0 saturated heterocycles. The van der Waals surface area contributed by atoms with Gasteiger partial charge in [-0.2, -0.15) is 0 Å². The lowest BCUT2D eigenvalue weighted by Crippen LogP contribution is -2.31. The Morgan fingerprint density at radius 2 is 1.73 bits per heavy atom. The van der Waals surface area contributed by atoms with Crippen molar-refractivity contribution in [3.8, 4) is 0 Å². The van der Waals surface area contributed by atoms with E-state index in [-0.39, 0.29) is 5.91 Å². The van der Waals surface area contributed by atoms with Crippen molar-refractivity contribution >= 4 is 34.3 Å². The van der Waals surface area contributed by atoms with Crippen molar-refractivity contribution in [2.24, 2.45) is 0 Å². The first-order valence-corrected chi connectivity index (χ1v) is 11.3. The maximum absolute atomic E-state index is 13.5. The van der Waals surface area contributed by atoms with E-state index in [9.17, 15) is 4.79 Å². The quantitative estimate of drug-likeness (QED) is 0.326. The van der Waals surface area contributed by atoms with Crippen LogP contribution in [0.15, 0.2) is 83.8 Å². The van der Waals surface area contributed by atoms with Gasteiger partial charge in [-0.3, -0.25) is 4.79 Å². The van der Waals surface area contributed by atoms with Crippen molar-refractivity contribution in [2.75, 3.05) is 11.4 Å². The number of hydrogen-bond acceptors (Lipinski definition) is 2. The molecule has 3 aromatic carbocycles. The number of carbonyl (C=O) groups is 1. The van der Waals surface area contributed by atoms with Gasteiger partial charge in [0.25, 0.3) is 5.91 Å². The molecule has 4 heteroatoms. The van der Waals surface area contributed by atoms with E-state index in [2.05, 4.69) is 54.5 Å².